The number of hydrogen-bond acceptors (Lipinski definition) is 4. The fourth-order valence-corrected chi connectivity index (χ4v) is 3.22. The minimum atomic E-state index is -0.468. The molecule has 2 amide bonds. The summed E-state index contributed by atoms with van der Waals surface area (Å²) in [5, 5.41) is 6.38. The Balaban J connectivity index is 1.68. The topological polar surface area (TPSA) is 74.3 Å². The van der Waals surface area contributed by atoms with Crippen molar-refractivity contribution in [3.8, 4) is 0 Å². The maximum absolute atomic E-state index is 12.5. The van der Waals surface area contributed by atoms with Crippen LogP contribution in [0.1, 0.15) is 62.0 Å². The summed E-state index contributed by atoms with van der Waals surface area (Å²) < 4.78 is 0. The first-order chi connectivity index (χ1) is 13.8. The maximum atomic E-state index is 12.5. The molecule has 2 N–H and O–H groups in total. The highest BCUT2D eigenvalue weighted by atomic mass is 16.2. The Morgan fingerprint density at radius 3 is 2.76 bits per heavy atom. The zero-order valence-electron chi connectivity index (χ0n) is 17.7. The summed E-state index contributed by atoms with van der Waals surface area (Å²) in [4.78, 5) is 30.9. The first-order valence-corrected chi connectivity index (χ1v) is 10.2. The van der Waals surface area contributed by atoms with Crippen LogP contribution >= 0.6 is 0 Å². The number of unbranched alkanes of at least 4 members (excludes halogenated alkanes) is 1. The number of fused-ring (bicyclic) bond motifs is 1. The Morgan fingerprint density at radius 1 is 1.24 bits per heavy atom. The van der Waals surface area contributed by atoms with Gasteiger partial charge in [0.2, 0.25) is 5.91 Å². The quantitative estimate of drug-likeness (QED) is 0.728. The lowest BCUT2D eigenvalue weighted by molar-refractivity contribution is -0.123. The monoisotopic (exact) mass is 394 g/mol. The SMILES string of the molecule is CCCCN1Cc2cc(NCc3cnccc3NC(=O)C(C)(C)C)ccc2C1=O. The van der Waals surface area contributed by atoms with Gasteiger partial charge in [-0.1, -0.05) is 34.1 Å². The molecule has 0 unspecified atom stereocenters. The van der Waals surface area contributed by atoms with Crippen LogP contribution in [0.4, 0.5) is 11.4 Å². The van der Waals surface area contributed by atoms with Crippen LogP contribution in [0.5, 0.6) is 0 Å². The molecule has 0 saturated carbocycles. The molecular weight excluding hydrogens is 364 g/mol. The fourth-order valence-electron chi connectivity index (χ4n) is 3.22. The molecule has 0 atom stereocenters. The molecule has 2 heterocycles. The van der Waals surface area contributed by atoms with Crippen molar-refractivity contribution in [3.63, 3.8) is 0 Å². The Labute approximate surface area is 172 Å². The molecular formula is C23H30N4O2. The smallest absolute Gasteiger partial charge is 0.254 e. The molecule has 154 valence electrons. The maximum Gasteiger partial charge on any atom is 0.254 e. The Kier molecular flexibility index (Phi) is 6.20. The van der Waals surface area contributed by atoms with Gasteiger partial charge in [0, 0.05) is 59.9 Å². The number of nitrogens with zero attached hydrogens (tertiary/aromatic N) is 2. The molecule has 1 aliphatic heterocycles. The van der Waals surface area contributed by atoms with Gasteiger partial charge < -0.3 is 15.5 Å². The zero-order valence-corrected chi connectivity index (χ0v) is 17.7. The molecule has 29 heavy (non-hydrogen) atoms. The summed E-state index contributed by atoms with van der Waals surface area (Å²) in [5.74, 6) is 0.0904. The molecule has 0 bridgehead atoms. The Bertz CT molecular complexity index is 902. The van der Waals surface area contributed by atoms with Gasteiger partial charge in [0.1, 0.15) is 0 Å². The van der Waals surface area contributed by atoms with E-state index in [0.717, 1.165) is 47.5 Å². The summed E-state index contributed by atoms with van der Waals surface area (Å²) in [7, 11) is 0. The molecule has 2 aromatic rings. The third-order valence-corrected chi connectivity index (χ3v) is 5.08. The van der Waals surface area contributed by atoms with E-state index < -0.39 is 5.41 Å². The summed E-state index contributed by atoms with van der Waals surface area (Å²) in [6.07, 6.45) is 5.53. The van der Waals surface area contributed by atoms with Crippen LogP contribution in [-0.4, -0.2) is 28.2 Å². The average Bonchev–Trinajstić information content (AvgIpc) is 3.00. The van der Waals surface area contributed by atoms with Crippen LogP contribution in [0.2, 0.25) is 0 Å². The number of hydrogen-bond donors (Lipinski definition) is 2. The van der Waals surface area contributed by atoms with Gasteiger partial charge in [0.25, 0.3) is 5.91 Å². The lowest BCUT2D eigenvalue weighted by atomic mass is 9.95. The fraction of sp³-hybridized carbons (Fsp3) is 0.435. The van der Waals surface area contributed by atoms with E-state index in [9.17, 15) is 9.59 Å². The number of carbonyl (C=O) groups is 2. The number of anilines is 2. The van der Waals surface area contributed by atoms with Crippen LogP contribution in [0.25, 0.3) is 0 Å². The van der Waals surface area contributed by atoms with Gasteiger partial charge in [-0.05, 0) is 36.2 Å². The number of carbonyl (C=O) groups excluding carboxylic acids is 2. The van der Waals surface area contributed by atoms with E-state index in [1.165, 1.54) is 0 Å². The summed E-state index contributed by atoms with van der Waals surface area (Å²) in [6, 6.07) is 7.69. The van der Waals surface area contributed by atoms with Gasteiger partial charge in [0.05, 0.1) is 0 Å². The van der Waals surface area contributed by atoms with Crippen LogP contribution in [0.3, 0.4) is 0 Å². The van der Waals surface area contributed by atoms with Gasteiger partial charge in [-0.3, -0.25) is 14.6 Å². The molecule has 1 aromatic carbocycles. The van der Waals surface area contributed by atoms with E-state index in [4.69, 9.17) is 0 Å². The van der Waals surface area contributed by atoms with Gasteiger partial charge in [-0.2, -0.15) is 0 Å². The number of aromatic nitrogens is 1. The van der Waals surface area contributed by atoms with Crippen molar-refractivity contribution < 1.29 is 9.59 Å². The summed E-state index contributed by atoms with van der Waals surface area (Å²) in [5.41, 5.74) is 4.01. The molecule has 0 fully saturated rings. The number of pyridine rings is 1. The highest BCUT2D eigenvalue weighted by Crippen LogP contribution is 2.27. The first-order valence-electron chi connectivity index (χ1n) is 10.2. The van der Waals surface area contributed by atoms with E-state index in [1.54, 1.807) is 12.4 Å². The average molecular weight is 395 g/mol. The molecule has 0 aliphatic carbocycles. The molecule has 1 aromatic heterocycles. The summed E-state index contributed by atoms with van der Waals surface area (Å²) in [6.45, 7) is 9.79. The van der Waals surface area contributed by atoms with Gasteiger partial charge in [-0.25, -0.2) is 0 Å². The first kappa shape index (κ1) is 20.8. The third-order valence-electron chi connectivity index (χ3n) is 5.08. The Morgan fingerprint density at radius 2 is 2.03 bits per heavy atom. The highest BCUT2D eigenvalue weighted by molar-refractivity contribution is 5.98. The Hall–Kier alpha value is -2.89. The second-order valence-corrected chi connectivity index (χ2v) is 8.54. The largest absolute Gasteiger partial charge is 0.381 e. The standard InChI is InChI=1S/C23H30N4O2/c1-5-6-11-27-15-16-12-18(7-8-19(16)21(27)28)25-14-17-13-24-10-9-20(17)26-22(29)23(2,3)4/h7-10,12-13,25H,5-6,11,14-15H2,1-4H3,(H,24,26,29). The van der Waals surface area contributed by atoms with Crippen molar-refractivity contribution in [2.75, 3.05) is 17.2 Å². The van der Waals surface area contributed by atoms with E-state index in [1.807, 2.05) is 49.9 Å². The number of amides is 2. The van der Waals surface area contributed by atoms with Gasteiger partial charge in [0.15, 0.2) is 0 Å². The van der Waals surface area contributed by atoms with E-state index in [-0.39, 0.29) is 11.8 Å². The van der Waals surface area contributed by atoms with Crippen LogP contribution in [-0.2, 0) is 17.9 Å². The molecule has 0 spiro atoms. The molecule has 1 aliphatic rings. The number of nitrogens with one attached hydrogen (secondary N) is 2. The minimum absolute atomic E-state index is 0.0341. The third kappa shape index (κ3) is 4.94. The van der Waals surface area contributed by atoms with Crippen LogP contribution < -0.4 is 10.6 Å². The van der Waals surface area contributed by atoms with Crippen molar-refractivity contribution in [2.24, 2.45) is 5.41 Å². The molecule has 0 radical (unpaired) electrons. The van der Waals surface area contributed by atoms with E-state index >= 15 is 0 Å². The van der Waals surface area contributed by atoms with Gasteiger partial charge >= 0.3 is 0 Å². The van der Waals surface area contributed by atoms with Crippen molar-refractivity contribution >= 4 is 23.2 Å². The van der Waals surface area contributed by atoms with Crippen molar-refractivity contribution in [1.29, 1.82) is 0 Å². The number of rotatable bonds is 7. The van der Waals surface area contributed by atoms with Crippen molar-refractivity contribution in [3.05, 3.63) is 53.3 Å². The predicted octanol–water partition coefficient (Wildman–Crippen LogP) is 4.43. The predicted molar refractivity (Wildman–Crippen MR) is 116 cm³/mol. The molecule has 3 rings (SSSR count). The lowest BCUT2D eigenvalue weighted by Gasteiger charge is -2.19. The second kappa shape index (κ2) is 8.64. The van der Waals surface area contributed by atoms with Crippen LogP contribution in [0, 0.1) is 5.41 Å². The number of benzene rings is 1. The lowest BCUT2D eigenvalue weighted by Crippen LogP contribution is -2.28. The molecule has 6 nitrogen and oxygen atoms in total. The molecule has 6 heteroatoms. The van der Waals surface area contributed by atoms with Crippen molar-refractivity contribution in [1.82, 2.24) is 9.88 Å². The van der Waals surface area contributed by atoms with E-state index in [0.29, 0.717) is 13.1 Å². The summed E-state index contributed by atoms with van der Waals surface area (Å²) >= 11 is 0. The zero-order chi connectivity index (χ0) is 21.0. The van der Waals surface area contributed by atoms with Crippen molar-refractivity contribution in [2.45, 2.75) is 53.6 Å². The second-order valence-electron chi connectivity index (χ2n) is 8.54. The van der Waals surface area contributed by atoms with E-state index in [2.05, 4.69) is 22.5 Å². The molecule has 0 saturated heterocycles. The van der Waals surface area contributed by atoms with Gasteiger partial charge in [-0.15, -0.1) is 0 Å². The van der Waals surface area contributed by atoms with Crippen LogP contribution in [0.15, 0.2) is 36.7 Å². The highest BCUT2D eigenvalue weighted by Gasteiger charge is 2.27. The minimum Gasteiger partial charge on any atom is -0.381 e. The normalized spacial score (nSPS) is 13.4.